The second kappa shape index (κ2) is 6.26. The average molecular weight is 296 g/mol. The van der Waals surface area contributed by atoms with E-state index >= 15 is 0 Å². The van der Waals surface area contributed by atoms with Gasteiger partial charge in [-0.15, -0.1) is 11.8 Å². The molecule has 0 radical (unpaired) electrons. The molecule has 1 aromatic rings. The van der Waals surface area contributed by atoms with Crippen LogP contribution >= 0.6 is 11.8 Å². The van der Waals surface area contributed by atoms with Gasteiger partial charge in [0.15, 0.2) is 0 Å². The molecule has 20 heavy (non-hydrogen) atoms. The maximum Gasteiger partial charge on any atom is 0.320 e. The van der Waals surface area contributed by atoms with Gasteiger partial charge in [0.1, 0.15) is 16.9 Å². The van der Waals surface area contributed by atoms with Crippen LogP contribution in [0.4, 0.5) is 4.79 Å². The zero-order valence-electron chi connectivity index (χ0n) is 12.3. The summed E-state index contributed by atoms with van der Waals surface area (Å²) in [5.41, 5.74) is 0.976. The number of amides is 2. The third-order valence-electron chi connectivity index (χ3n) is 3.22. The lowest BCUT2D eigenvalue weighted by atomic mass is 10.1. The Bertz CT molecular complexity index is 493. The van der Waals surface area contributed by atoms with E-state index in [1.807, 2.05) is 23.1 Å². The van der Waals surface area contributed by atoms with Crippen molar-refractivity contribution in [3.05, 3.63) is 23.8 Å². The number of methoxy groups -OCH3 is 2. The van der Waals surface area contributed by atoms with E-state index in [9.17, 15) is 4.79 Å². The topological polar surface area (TPSA) is 42.0 Å². The smallest absolute Gasteiger partial charge is 0.320 e. The van der Waals surface area contributed by atoms with Crippen LogP contribution in [0, 0.1) is 0 Å². The second-order valence-electron chi connectivity index (χ2n) is 4.70. The monoisotopic (exact) mass is 296 g/mol. The third-order valence-corrected chi connectivity index (χ3v) is 4.46. The lowest BCUT2D eigenvalue weighted by Crippen LogP contribution is -2.38. The highest BCUT2D eigenvalue weighted by molar-refractivity contribution is 7.99. The summed E-state index contributed by atoms with van der Waals surface area (Å²) < 4.78 is 10.7. The number of thioether (sulfide) groups is 1. The molecule has 1 aliphatic rings. The van der Waals surface area contributed by atoms with Crippen molar-refractivity contribution in [2.24, 2.45) is 0 Å². The van der Waals surface area contributed by atoms with Gasteiger partial charge >= 0.3 is 6.03 Å². The lowest BCUT2D eigenvalue weighted by molar-refractivity contribution is 0.172. The molecule has 1 unspecified atom stereocenters. The Kier molecular flexibility index (Phi) is 4.65. The molecule has 1 saturated heterocycles. The van der Waals surface area contributed by atoms with Crippen LogP contribution in [-0.4, -0.2) is 56.4 Å². The minimum absolute atomic E-state index is 0.0184. The molecule has 2 amide bonds. The van der Waals surface area contributed by atoms with Gasteiger partial charge in [0.25, 0.3) is 0 Å². The molecule has 2 rings (SSSR count). The van der Waals surface area contributed by atoms with Gasteiger partial charge in [0, 0.05) is 32.0 Å². The van der Waals surface area contributed by atoms with Crippen LogP contribution in [0.1, 0.15) is 10.9 Å². The quantitative estimate of drug-likeness (QED) is 0.859. The van der Waals surface area contributed by atoms with E-state index in [0.29, 0.717) is 0 Å². The summed E-state index contributed by atoms with van der Waals surface area (Å²) in [5, 5.41) is -0.0325. The van der Waals surface area contributed by atoms with Crippen molar-refractivity contribution in [2.45, 2.75) is 5.37 Å². The number of hydrogen-bond acceptors (Lipinski definition) is 4. The minimum atomic E-state index is -0.0325. The summed E-state index contributed by atoms with van der Waals surface area (Å²) in [7, 11) is 6.82. The summed E-state index contributed by atoms with van der Waals surface area (Å²) >= 11 is 1.74. The first-order valence-electron chi connectivity index (χ1n) is 6.40. The van der Waals surface area contributed by atoms with Crippen LogP contribution in [0.15, 0.2) is 18.2 Å². The maximum atomic E-state index is 12.2. The first kappa shape index (κ1) is 14.8. The molecule has 110 valence electrons. The number of rotatable bonds is 3. The molecule has 0 aromatic heterocycles. The summed E-state index contributed by atoms with van der Waals surface area (Å²) in [5.74, 6) is 2.47. The number of carbonyl (C=O) groups excluding carboxylic acids is 1. The van der Waals surface area contributed by atoms with E-state index in [1.165, 1.54) is 0 Å². The fourth-order valence-electron chi connectivity index (χ4n) is 2.21. The van der Waals surface area contributed by atoms with Gasteiger partial charge in [-0.25, -0.2) is 4.79 Å². The van der Waals surface area contributed by atoms with Crippen molar-refractivity contribution in [1.82, 2.24) is 9.80 Å². The van der Waals surface area contributed by atoms with Gasteiger partial charge < -0.3 is 19.3 Å². The molecule has 1 aliphatic heterocycles. The summed E-state index contributed by atoms with van der Waals surface area (Å²) in [6, 6.07) is 5.70. The van der Waals surface area contributed by atoms with Gasteiger partial charge in [0.05, 0.1) is 14.2 Å². The average Bonchev–Trinajstić information content (AvgIpc) is 2.94. The molecular formula is C14H20N2O3S. The Morgan fingerprint density at radius 3 is 2.70 bits per heavy atom. The molecule has 0 bridgehead atoms. The maximum absolute atomic E-state index is 12.2. The predicted molar refractivity (Wildman–Crippen MR) is 80.5 cm³/mol. The summed E-state index contributed by atoms with van der Waals surface area (Å²) in [6.45, 7) is 0.743. The summed E-state index contributed by atoms with van der Waals surface area (Å²) in [4.78, 5) is 15.7. The number of hydrogen-bond donors (Lipinski definition) is 0. The van der Waals surface area contributed by atoms with Crippen molar-refractivity contribution in [1.29, 1.82) is 0 Å². The van der Waals surface area contributed by atoms with E-state index in [4.69, 9.17) is 9.47 Å². The normalized spacial score (nSPS) is 18.0. The van der Waals surface area contributed by atoms with E-state index < -0.39 is 0 Å². The van der Waals surface area contributed by atoms with Crippen molar-refractivity contribution in [3.63, 3.8) is 0 Å². The molecule has 0 aliphatic carbocycles. The molecular weight excluding hydrogens is 276 g/mol. The number of carbonyl (C=O) groups is 1. The molecule has 5 nitrogen and oxygen atoms in total. The molecule has 1 heterocycles. The molecule has 0 saturated carbocycles. The molecule has 0 spiro atoms. The molecule has 1 fully saturated rings. The Morgan fingerprint density at radius 2 is 2.10 bits per heavy atom. The van der Waals surface area contributed by atoms with Gasteiger partial charge in [0.2, 0.25) is 0 Å². The van der Waals surface area contributed by atoms with Crippen molar-refractivity contribution in [3.8, 4) is 11.5 Å². The van der Waals surface area contributed by atoms with Gasteiger partial charge in [-0.3, -0.25) is 0 Å². The Labute approximate surface area is 123 Å². The van der Waals surface area contributed by atoms with Crippen LogP contribution in [-0.2, 0) is 0 Å². The van der Waals surface area contributed by atoms with E-state index in [2.05, 4.69) is 0 Å². The van der Waals surface area contributed by atoms with Crippen molar-refractivity contribution in [2.75, 3.05) is 40.6 Å². The second-order valence-corrected chi connectivity index (χ2v) is 5.89. The number of nitrogens with zero attached hydrogens (tertiary/aromatic N) is 2. The highest BCUT2D eigenvalue weighted by Gasteiger charge is 2.33. The largest absolute Gasteiger partial charge is 0.497 e. The third kappa shape index (κ3) is 2.80. The summed E-state index contributed by atoms with van der Waals surface area (Å²) in [6.07, 6.45) is 0. The SMILES string of the molecule is COc1ccc(OC)c(C2SCCN2C(=O)N(C)C)c1. The lowest BCUT2D eigenvalue weighted by Gasteiger charge is -2.28. The number of ether oxygens (including phenoxy) is 2. The van der Waals surface area contributed by atoms with Crippen molar-refractivity contribution < 1.29 is 14.3 Å². The first-order chi connectivity index (χ1) is 9.58. The van der Waals surface area contributed by atoms with Crippen LogP contribution in [0.3, 0.4) is 0 Å². The van der Waals surface area contributed by atoms with E-state index in [0.717, 1.165) is 29.4 Å². The Balaban J connectivity index is 2.36. The fourth-order valence-corrected chi connectivity index (χ4v) is 3.48. The highest BCUT2D eigenvalue weighted by Crippen LogP contribution is 2.43. The van der Waals surface area contributed by atoms with Crippen LogP contribution in [0.2, 0.25) is 0 Å². The van der Waals surface area contributed by atoms with Gasteiger partial charge in [-0.2, -0.15) is 0 Å². The van der Waals surface area contributed by atoms with Crippen LogP contribution in [0.5, 0.6) is 11.5 Å². The molecule has 1 atom stereocenters. The molecule has 1 aromatic carbocycles. The van der Waals surface area contributed by atoms with Crippen LogP contribution in [0.25, 0.3) is 0 Å². The zero-order valence-corrected chi connectivity index (χ0v) is 13.1. The minimum Gasteiger partial charge on any atom is -0.497 e. The fraction of sp³-hybridized carbons (Fsp3) is 0.500. The van der Waals surface area contributed by atoms with Crippen LogP contribution < -0.4 is 9.47 Å². The molecule has 0 N–H and O–H groups in total. The highest BCUT2D eigenvalue weighted by atomic mass is 32.2. The van der Waals surface area contributed by atoms with E-state index in [1.54, 1.807) is 45.0 Å². The Morgan fingerprint density at radius 1 is 1.35 bits per heavy atom. The van der Waals surface area contributed by atoms with Crippen molar-refractivity contribution >= 4 is 17.8 Å². The first-order valence-corrected chi connectivity index (χ1v) is 7.44. The van der Waals surface area contributed by atoms with Gasteiger partial charge in [-0.05, 0) is 18.2 Å². The Hall–Kier alpha value is -1.56. The van der Waals surface area contributed by atoms with E-state index in [-0.39, 0.29) is 11.4 Å². The van der Waals surface area contributed by atoms with Gasteiger partial charge in [-0.1, -0.05) is 0 Å². The predicted octanol–water partition coefficient (Wildman–Crippen LogP) is 2.43. The number of urea groups is 1. The zero-order chi connectivity index (χ0) is 14.7. The standard InChI is InChI=1S/C14H20N2O3S/c1-15(2)14(17)16-7-8-20-13(16)11-9-10(18-3)5-6-12(11)19-4/h5-6,9,13H,7-8H2,1-4H3. The molecule has 6 heteroatoms. The number of benzene rings is 1.